The van der Waals surface area contributed by atoms with Crippen molar-refractivity contribution < 1.29 is 9.21 Å². The van der Waals surface area contributed by atoms with Gasteiger partial charge in [0.05, 0.1) is 12.1 Å². The maximum atomic E-state index is 13.0. The first-order valence-corrected chi connectivity index (χ1v) is 11.4. The van der Waals surface area contributed by atoms with Gasteiger partial charge in [-0.2, -0.15) is 0 Å². The average Bonchev–Trinajstić information content (AvgIpc) is 3.16. The number of aromatic nitrogens is 1. The summed E-state index contributed by atoms with van der Waals surface area (Å²) < 4.78 is 6.96. The second-order valence-corrected chi connectivity index (χ2v) is 8.63. The Morgan fingerprint density at radius 3 is 2.18 bits per heavy atom. The molecule has 0 aliphatic carbocycles. The molecule has 1 N–H and O–H groups in total. The number of oxazole rings is 1. The molecular formula is C27H27N3O3. The number of nitrogens with one attached hydrogen (secondary N) is 1. The number of nitrogens with zero attached hydrogens (tertiary/aromatic N) is 2. The Hall–Kier alpha value is -3.64. The van der Waals surface area contributed by atoms with Gasteiger partial charge in [-0.05, 0) is 42.2 Å². The quantitative estimate of drug-likeness (QED) is 0.490. The van der Waals surface area contributed by atoms with Crippen molar-refractivity contribution in [2.45, 2.75) is 32.0 Å². The summed E-state index contributed by atoms with van der Waals surface area (Å²) >= 11 is 0. The number of likely N-dealkylation sites (tertiary alicyclic amines) is 1. The van der Waals surface area contributed by atoms with Crippen LogP contribution in [0, 0.1) is 0 Å². The van der Waals surface area contributed by atoms with E-state index in [9.17, 15) is 9.59 Å². The molecule has 33 heavy (non-hydrogen) atoms. The van der Waals surface area contributed by atoms with Gasteiger partial charge in [-0.3, -0.25) is 14.3 Å². The van der Waals surface area contributed by atoms with Gasteiger partial charge in [-0.25, -0.2) is 4.79 Å². The molecule has 4 aromatic rings. The summed E-state index contributed by atoms with van der Waals surface area (Å²) in [6, 6.07) is 25.5. The predicted molar refractivity (Wildman–Crippen MR) is 128 cm³/mol. The van der Waals surface area contributed by atoms with E-state index in [0.29, 0.717) is 23.2 Å². The fourth-order valence-corrected chi connectivity index (χ4v) is 4.46. The molecule has 3 aromatic carbocycles. The maximum absolute atomic E-state index is 13.0. The van der Waals surface area contributed by atoms with Gasteiger partial charge in [-0.15, -0.1) is 0 Å². The lowest BCUT2D eigenvalue weighted by Gasteiger charge is -2.32. The van der Waals surface area contributed by atoms with E-state index >= 15 is 0 Å². The van der Waals surface area contributed by atoms with Gasteiger partial charge in [-0.1, -0.05) is 60.7 Å². The van der Waals surface area contributed by atoms with E-state index < -0.39 is 5.76 Å². The van der Waals surface area contributed by atoms with Gasteiger partial charge in [0.15, 0.2) is 5.58 Å². The molecule has 1 fully saturated rings. The normalized spacial score (nSPS) is 15.0. The minimum absolute atomic E-state index is 0.113. The molecule has 5 rings (SSSR count). The number of benzene rings is 3. The summed E-state index contributed by atoms with van der Waals surface area (Å²) in [5.41, 5.74) is 3.97. The summed E-state index contributed by atoms with van der Waals surface area (Å²) in [5.74, 6) is -0.532. The lowest BCUT2D eigenvalue weighted by atomic mass is 10.0. The summed E-state index contributed by atoms with van der Waals surface area (Å²) in [6.07, 6.45) is 1.84. The van der Waals surface area contributed by atoms with Crippen LogP contribution in [0.5, 0.6) is 0 Å². The number of piperidine rings is 1. The van der Waals surface area contributed by atoms with Crippen molar-refractivity contribution in [2.75, 3.05) is 13.1 Å². The molecule has 6 heteroatoms. The van der Waals surface area contributed by atoms with Gasteiger partial charge in [0.1, 0.15) is 0 Å². The summed E-state index contributed by atoms with van der Waals surface area (Å²) in [6.45, 7) is 3.25. The van der Waals surface area contributed by atoms with E-state index in [1.54, 1.807) is 22.8 Å². The summed E-state index contributed by atoms with van der Waals surface area (Å²) in [4.78, 5) is 27.8. The number of carbonyl (C=O) groups excluding carboxylic acids is 1. The predicted octanol–water partition coefficient (Wildman–Crippen LogP) is 4.04. The van der Waals surface area contributed by atoms with Crippen molar-refractivity contribution in [2.24, 2.45) is 0 Å². The third-order valence-electron chi connectivity index (χ3n) is 6.28. The smallest absolute Gasteiger partial charge is 0.408 e. The second kappa shape index (κ2) is 9.46. The van der Waals surface area contributed by atoms with Gasteiger partial charge < -0.3 is 9.73 Å². The highest BCUT2D eigenvalue weighted by molar-refractivity contribution is 5.97. The van der Waals surface area contributed by atoms with Crippen LogP contribution in [0.15, 0.2) is 88.1 Å². The lowest BCUT2D eigenvalue weighted by Crippen LogP contribution is -2.44. The fourth-order valence-electron chi connectivity index (χ4n) is 4.46. The standard InChI is InChI=1S/C27H27N3O3/c31-26(28-23-13-15-29(16-14-23)18-20-7-3-1-4-8-20)22-11-12-25-24(17-22)30(27(32)33-25)19-21-9-5-2-6-10-21/h1-12,17,23H,13-16,18-19H2,(H,28,31). The number of rotatable bonds is 6. The molecule has 0 radical (unpaired) electrons. The molecule has 1 aliphatic heterocycles. The van der Waals surface area contributed by atoms with Crippen LogP contribution in [0.2, 0.25) is 0 Å². The molecule has 0 unspecified atom stereocenters. The van der Waals surface area contributed by atoms with Crippen LogP contribution >= 0.6 is 0 Å². The minimum atomic E-state index is -0.419. The van der Waals surface area contributed by atoms with Crippen molar-refractivity contribution >= 4 is 17.0 Å². The Bertz CT molecular complexity index is 1290. The van der Waals surface area contributed by atoms with Gasteiger partial charge in [0.2, 0.25) is 0 Å². The highest BCUT2D eigenvalue weighted by atomic mass is 16.4. The first kappa shape index (κ1) is 21.2. The molecule has 6 nitrogen and oxygen atoms in total. The summed E-state index contributed by atoms with van der Waals surface area (Å²) in [7, 11) is 0. The van der Waals surface area contributed by atoms with E-state index in [0.717, 1.165) is 38.0 Å². The van der Waals surface area contributed by atoms with E-state index in [4.69, 9.17) is 4.42 Å². The fraction of sp³-hybridized carbons (Fsp3) is 0.259. The average molecular weight is 442 g/mol. The molecule has 1 saturated heterocycles. The Morgan fingerprint density at radius 1 is 0.879 bits per heavy atom. The summed E-state index contributed by atoms with van der Waals surface area (Å²) in [5, 5.41) is 3.18. The first-order valence-electron chi connectivity index (χ1n) is 11.4. The SMILES string of the molecule is O=C(NC1CCN(Cc2ccccc2)CC1)c1ccc2oc(=O)n(Cc3ccccc3)c2c1. The molecule has 1 amide bonds. The third kappa shape index (κ3) is 4.91. The molecule has 0 atom stereocenters. The van der Waals surface area contributed by atoms with Crippen LogP contribution in [0.4, 0.5) is 0 Å². The zero-order valence-electron chi connectivity index (χ0n) is 18.4. The monoisotopic (exact) mass is 441 g/mol. The molecule has 168 valence electrons. The topological polar surface area (TPSA) is 67.5 Å². The van der Waals surface area contributed by atoms with Gasteiger partial charge in [0, 0.05) is 31.2 Å². The van der Waals surface area contributed by atoms with Crippen molar-refractivity contribution in [1.29, 1.82) is 0 Å². The van der Waals surface area contributed by atoms with Gasteiger partial charge >= 0.3 is 5.76 Å². The van der Waals surface area contributed by atoms with Gasteiger partial charge in [0.25, 0.3) is 5.91 Å². The largest absolute Gasteiger partial charge is 0.420 e. The molecule has 0 bridgehead atoms. The van der Waals surface area contributed by atoms with E-state index in [1.807, 2.05) is 36.4 Å². The van der Waals surface area contributed by atoms with Crippen LogP contribution in [0.1, 0.15) is 34.3 Å². The molecule has 2 heterocycles. The number of carbonyl (C=O) groups is 1. The zero-order valence-corrected chi connectivity index (χ0v) is 18.4. The van der Waals surface area contributed by atoms with Crippen LogP contribution in [-0.2, 0) is 13.1 Å². The second-order valence-electron chi connectivity index (χ2n) is 8.63. The van der Waals surface area contributed by atoms with Crippen LogP contribution in [0.25, 0.3) is 11.1 Å². The van der Waals surface area contributed by atoms with Crippen molar-refractivity contribution in [3.8, 4) is 0 Å². The Labute approximate surface area is 192 Å². The van der Waals surface area contributed by atoms with Crippen LogP contribution < -0.4 is 11.1 Å². The third-order valence-corrected chi connectivity index (χ3v) is 6.28. The lowest BCUT2D eigenvalue weighted by molar-refractivity contribution is 0.0909. The van der Waals surface area contributed by atoms with E-state index in [-0.39, 0.29) is 11.9 Å². The zero-order chi connectivity index (χ0) is 22.6. The Morgan fingerprint density at radius 2 is 1.52 bits per heavy atom. The number of amides is 1. The Balaban J connectivity index is 1.24. The van der Waals surface area contributed by atoms with Crippen LogP contribution in [-0.4, -0.2) is 34.5 Å². The number of hydrogen-bond donors (Lipinski definition) is 1. The molecule has 1 aliphatic rings. The Kier molecular flexibility index (Phi) is 6.09. The first-order chi connectivity index (χ1) is 16.2. The van der Waals surface area contributed by atoms with Crippen molar-refractivity contribution in [1.82, 2.24) is 14.8 Å². The molecule has 0 spiro atoms. The van der Waals surface area contributed by atoms with Crippen molar-refractivity contribution in [3.63, 3.8) is 0 Å². The van der Waals surface area contributed by atoms with E-state index in [2.05, 4.69) is 34.5 Å². The number of hydrogen-bond acceptors (Lipinski definition) is 4. The minimum Gasteiger partial charge on any atom is -0.408 e. The van der Waals surface area contributed by atoms with Crippen molar-refractivity contribution in [3.05, 3.63) is 106 Å². The highest BCUT2D eigenvalue weighted by Gasteiger charge is 2.22. The van der Waals surface area contributed by atoms with E-state index in [1.165, 1.54) is 5.56 Å². The molecular weight excluding hydrogens is 414 g/mol. The number of fused-ring (bicyclic) bond motifs is 1. The molecule has 1 aromatic heterocycles. The highest BCUT2D eigenvalue weighted by Crippen LogP contribution is 2.18. The molecule has 0 saturated carbocycles. The van der Waals surface area contributed by atoms with Crippen LogP contribution in [0.3, 0.4) is 0 Å². The maximum Gasteiger partial charge on any atom is 0.420 e.